The smallest absolute Gasteiger partial charge is 0.330 e. The van der Waals surface area contributed by atoms with Gasteiger partial charge in [0.1, 0.15) is 5.54 Å². The number of para-hydroxylation sites is 1. The molecule has 9 heteroatoms. The molecule has 0 aliphatic heterocycles. The molecule has 1 aliphatic carbocycles. The number of carbonyl (C=O) groups excluding carboxylic acids is 1. The molecule has 0 spiro atoms. The van der Waals surface area contributed by atoms with E-state index >= 15 is 0 Å². The van der Waals surface area contributed by atoms with Crippen molar-refractivity contribution in [3.8, 4) is 16.9 Å². The molecule has 39 heavy (non-hydrogen) atoms. The molecule has 4 aromatic rings. The Kier molecular flexibility index (Phi) is 6.89. The summed E-state index contributed by atoms with van der Waals surface area (Å²) in [5.74, 6) is -1.17. The Labute approximate surface area is 225 Å². The lowest BCUT2D eigenvalue weighted by Crippen LogP contribution is -2.50. The highest BCUT2D eigenvalue weighted by Gasteiger charge is 2.62. The van der Waals surface area contributed by atoms with Gasteiger partial charge in [0.2, 0.25) is 0 Å². The minimum atomic E-state index is -1.44. The van der Waals surface area contributed by atoms with Crippen molar-refractivity contribution in [2.24, 2.45) is 7.05 Å². The van der Waals surface area contributed by atoms with E-state index in [0.29, 0.717) is 22.6 Å². The molecular weight excluding hydrogens is 496 g/mol. The van der Waals surface area contributed by atoms with E-state index in [1.807, 2.05) is 60.7 Å². The van der Waals surface area contributed by atoms with Crippen LogP contribution in [0.4, 0.5) is 10.5 Å². The average molecular weight is 525 g/mol. The number of anilines is 1. The lowest BCUT2D eigenvalue weighted by molar-refractivity contribution is -0.140. The third-order valence-electron chi connectivity index (χ3n) is 7.09. The van der Waals surface area contributed by atoms with E-state index in [1.165, 1.54) is 18.0 Å². The van der Waals surface area contributed by atoms with Gasteiger partial charge in [-0.1, -0.05) is 72.8 Å². The van der Waals surface area contributed by atoms with Crippen LogP contribution in [0.3, 0.4) is 0 Å². The molecule has 0 radical (unpaired) electrons. The summed E-state index contributed by atoms with van der Waals surface area (Å²) in [6.45, 7) is 0.286. The maximum Gasteiger partial charge on any atom is 0.330 e. The predicted octanol–water partition coefficient (Wildman–Crippen LogP) is 4.18. The van der Waals surface area contributed by atoms with Gasteiger partial charge >= 0.3 is 12.0 Å². The topological polar surface area (TPSA) is 114 Å². The lowest BCUT2D eigenvalue weighted by Gasteiger charge is -2.26. The minimum absolute atomic E-state index is 0.252. The number of ether oxygens (including phenoxy) is 1. The highest BCUT2D eigenvalue weighted by atomic mass is 16.5. The molecule has 1 fully saturated rings. The third kappa shape index (κ3) is 4.98. The number of rotatable bonds is 8. The van der Waals surface area contributed by atoms with Crippen molar-refractivity contribution >= 4 is 17.7 Å². The second kappa shape index (κ2) is 10.4. The Morgan fingerprint density at radius 3 is 2.31 bits per heavy atom. The molecule has 0 saturated heterocycles. The summed E-state index contributed by atoms with van der Waals surface area (Å²) >= 11 is 0. The summed E-state index contributed by atoms with van der Waals surface area (Å²) in [5, 5.41) is 17.0. The van der Waals surface area contributed by atoms with Gasteiger partial charge in [0.15, 0.2) is 5.75 Å². The van der Waals surface area contributed by atoms with Crippen LogP contribution in [0.1, 0.15) is 23.5 Å². The Morgan fingerprint density at radius 1 is 1.05 bits per heavy atom. The van der Waals surface area contributed by atoms with Crippen LogP contribution in [-0.4, -0.2) is 39.5 Å². The number of nitrogens with one attached hydrogen (secondary N) is 1. The Balaban J connectivity index is 1.40. The van der Waals surface area contributed by atoms with Gasteiger partial charge in [-0.3, -0.25) is 9.69 Å². The number of nitrogens with zero attached hydrogens (tertiary/aromatic N) is 3. The maximum absolute atomic E-state index is 13.6. The van der Waals surface area contributed by atoms with Crippen LogP contribution < -0.4 is 20.5 Å². The van der Waals surface area contributed by atoms with E-state index in [9.17, 15) is 19.5 Å². The van der Waals surface area contributed by atoms with Crippen molar-refractivity contribution < 1.29 is 19.4 Å². The number of aromatic nitrogens is 2. The molecule has 0 bridgehead atoms. The molecule has 198 valence electrons. The summed E-state index contributed by atoms with van der Waals surface area (Å²) < 4.78 is 6.56. The first-order valence-corrected chi connectivity index (χ1v) is 12.5. The fraction of sp³-hybridized carbons (Fsp3) is 0.200. The number of urea groups is 1. The van der Waals surface area contributed by atoms with Gasteiger partial charge in [0.25, 0.3) is 5.56 Å². The zero-order chi connectivity index (χ0) is 27.6. The van der Waals surface area contributed by atoms with Crippen LogP contribution in [0.5, 0.6) is 5.75 Å². The molecule has 1 saturated carbocycles. The van der Waals surface area contributed by atoms with Gasteiger partial charge in [-0.05, 0) is 35.2 Å². The highest BCUT2D eigenvalue weighted by molar-refractivity contribution is 5.98. The van der Waals surface area contributed by atoms with Crippen LogP contribution in [0.15, 0.2) is 95.9 Å². The first kappa shape index (κ1) is 25.7. The lowest BCUT2D eigenvalue weighted by atomic mass is 10.0. The van der Waals surface area contributed by atoms with Crippen molar-refractivity contribution in [2.75, 3.05) is 12.0 Å². The standard InChI is InChI=1S/C30H28N4O5/c1-33-27(35)26(25(39-2)18-31-33)22-15-13-21(14-16-22)24-17-30(24,28(36)37)32-29(38)34(23-11-7-4-8-12-23)19-20-9-5-3-6-10-20/h3-16,18,24H,17,19H2,1-2H3,(H,32,38)(H,36,37). The van der Waals surface area contributed by atoms with Gasteiger partial charge in [-0.2, -0.15) is 5.10 Å². The van der Waals surface area contributed by atoms with Crippen LogP contribution in [0.25, 0.3) is 11.1 Å². The van der Waals surface area contributed by atoms with Crippen LogP contribution >= 0.6 is 0 Å². The zero-order valence-corrected chi connectivity index (χ0v) is 21.6. The molecule has 9 nitrogen and oxygen atoms in total. The summed E-state index contributed by atoms with van der Waals surface area (Å²) in [7, 11) is 3.03. The monoisotopic (exact) mass is 524 g/mol. The SMILES string of the molecule is COc1cnn(C)c(=O)c1-c1ccc(C2CC2(NC(=O)N(Cc2ccccc2)c2ccccc2)C(=O)O)cc1. The van der Waals surface area contributed by atoms with Crippen molar-refractivity contribution in [2.45, 2.75) is 24.4 Å². The number of aliphatic carboxylic acids is 1. The molecule has 2 atom stereocenters. The summed E-state index contributed by atoms with van der Waals surface area (Å²) in [6, 6.07) is 25.3. The second-order valence-electron chi connectivity index (χ2n) is 9.51. The predicted molar refractivity (Wildman–Crippen MR) is 147 cm³/mol. The van der Waals surface area contributed by atoms with Gasteiger partial charge in [-0.15, -0.1) is 0 Å². The quantitative estimate of drug-likeness (QED) is 0.358. The number of hydrogen-bond acceptors (Lipinski definition) is 5. The summed E-state index contributed by atoms with van der Waals surface area (Å²) in [4.78, 5) is 40.3. The van der Waals surface area contributed by atoms with Crippen LogP contribution in [0.2, 0.25) is 0 Å². The molecular formula is C30H28N4O5. The largest absolute Gasteiger partial charge is 0.494 e. The Morgan fingerprint density at radius 2 is 1.69 bits per heavy atom. The molecule has 2 amide bonds. The number of hydrogen-bond donors (Lipinski definition) is 2. The number of amides is 2. The first-order valence-electron chi connectivity index (χ1n) is 12.5. The van der Waals surface area contributed by atoms with E-state index < -0.39 is 23.5 Å². The number of benzene rings is 3. The first-order chi connectivity index (χ1) is 18.8. The minimum Gasteiger partial charge on any atom is -0.494 e. The fourth-order valence-corrected chi connectivity index (χ4v) is 4.83. The average Bonchev–Trinajstić information content (AvgIpc) is 3.69. The highest BCUT2D eigenvalue weighted by Crippen LogP contribution is 2.52. The van der Waals surface area contributed by atoms with Crippen molar-refractivity contribution in [1.82, 2.24) is 15.1 Å². The molecule has 3 aromatic carbocycles. The summed E-state index contributed by atoms with van der Waals surface area (Å²) in [6.07, 6.45) is 1.73. The molecule has 2 unspecified atom stereocenters. The van der Waals surface area contributed by atoms with Gasteiger partial charge in [0, 0.05) is 18.7 Å². The van der Waals surface area contributed by atoms with Gasteiger partial charge < -0.3 is 15.2 Å². The van der Waals surface area contributed by atoms with E-state index in [4.69, 9.17) is 4.74 Å². The van der Waals surface area contributed by atoms with E-state index in [-0.39, 0.29) is 18.5 Å². The van der Waals surface area contributed by atoms with Gasteiger partial charge in [-0.25, -0.2) is 14.3 Å². The number of carboxylic acid groups (broad SMARTS) is 1. The number of carboxylic acids is 1. The van der Waals surface area contributed by atoms with Gasteiger partial charge in [0.05, 0.1) is 25.4 Å². The van der Waals surface area contributed by atoms with E-state index in [0.717, 1.165) is 11.1 Å². The molecule has 5 rings (SSSR count). The van der Waals surface area contributed by atoms with Crippen LogP contribution in [-0.2, 0) is 18.4 Å². The molecule has 1 heterocycles. The molecule has 1 aliphatic rings. The fourth-order valence-electron chi connectivity index (χ4n) is 4.83. The third-order valence-corrected chi connectivity index (χ3v) is 7.09. The molecule has 1 aromatic heterocycles. The summed E-state index contributed by atoms with van der Waals surface area (Å²) in [5.41, 5.74) is 1.58. The zero-order valence-electron chi connectivity index (χ0n) is 21.6. The number of carbonyl (C=O) groups is 2. The van der Waals surface area contributed by atoms with Crippen molar-refractivity contribution in [1.29, 1.82) is 0 Å². The van der Waals surface area contributed by atoms with Crippen molar-refractivity contribution in [3.63, 3.8) is 0 Å². The van der Waals surface area contributed by atoms with E-state index in [1.54, 1.807) is 36.2 Å². The second-order valence-corrected chi connectivity index (χ2v) is 9.51. The molecule has 2 N–H and O–H groups in total. The van der Waals surface area contributed by atoms with E-state index in [2.05, 4.69) is 10.4 Å². The maximum atomic E-state index is 13.6. The van der Waals surface area contributed by atoms with Crippen molar-refractivity contribution in [3.05, 3.63) is 113 Å². The normalized spacial score (nSPS) is 17.7. The number of methoxy groups -OCH3 is 1. The Bertz CT molecular complexity index is 1550. The number of aryl methyl sites for hydroxylation is 1. The van der Waals surface area contributed by atoms with Crippen LogP contribution in [0, 0.1) is 0 Å². The Hall–Kier alpha value is -4.92.